The Morgan fingerprint density at radius 3 is 3.23 bits per heavy atom. The number of hydrogen-bond acceptors (Lipinski definition) is 4. The highest BCUT2D eigenvalue weighted by molar-refractivity contribution is 7.17. The molecule has 0 aliphatic rings. The molecular formula is C8H6N4S. The second-order valence-corrected chi connectivity index (χ2v) is 3.76. The summed E-state index contributed by atoms with van der Waals surface area (Å²) >= 11 is 1.64. The molecule has 0 fully saturated rings. The molecule has 0 aromatic carbocycles. The van der Waals surface area contributed by atoms with Crippen LogP contribution in [0.3, 0.4) is 0 Å². The Balaban J connectivity index is 2.70. The Morgan fingerprint density at radius 2 is 2.31 bits per heavy atom. The molecule has 13 heavy (non-hydrogen) atoms. The molecule has 0 bridgehead atoms. The minimum Gasteiger partial charge on any atom is -0.271 e. The lowest BCUT2D eigenvalue weighted by atomic mass is 10.3. The molecule has 0 amide bonds. The molecule has 0 atom stereocenters. The molecule has 0 radical (unpaired) electrons. The van der Waals surface area contributed by atoms with Gasteiger partial charge >= 0.3 is 0 Å². The smallest absolute Gasteiger partial charge is 0.172 e. The highest BCUT2D eigenvalue weighted by Gasteiger charge is 2.07. The van der Waals surface area contributed by atoms with Crippen molar-refractivity contribution in [1.29, 1.82) is 0 Å². The first-order valence-electron chi connectivity index (χ1n) is 3.88. The summed E-state index contributed by atoms with van der Waals surface area (Å²) < 4.78 is 1.84. The van der Waals surface area contributed by atoms with Crippen molar-refractivity contribution in [3.8, 4) is 0 Å². The molecule has 3 aromatic rings. The van der Waals surface area contributed by atoms with Crippen molar-refractivity contribution >= 4 is 27.2 Å². The summed E-state index contributed by atoms with van der Waals surface area (Å²) in [6.07, 6.45) is 3.41. The first-order chi connectivity index (χ1) is 6.36. The number of aromatic nitrogens is 4. The number of hydrogen-bond donors (Lipinski definition) is 0. The van der Waals surface area contributed by atoms with E-state index in [0.717, 1.165) is 15.9 Å². The molecule has 0 N–H and O–H groups in total. The van der Waals surface area contributed by atoms with Crippen LogP contribution in [0.1, 0.15) is 5.56 Å². The van der Waals surface area contributed by atoms with Gasteiger partial charge in [-0.1, -0.05) is 0 Å². The van der Waals surface area contributed by atoms with Crippen molar-refractivity contribution in [2.45, 2.75) is 6.92 Å². The topological polar surface area (TPSA) is 43.1 Å². The van der Waals surface area contributed by atoms with Crippen LogP contribution >= 0.6 is 11.3 Å². The van der Waals surface area contributed by atoms with E-state index in [2.05, 4.69) is 27.5 Å². The summed E-state index contributed by atoms with van der Waals surface area (Å²) in [5, 5.41) is 11.1. The Labute approximate surface area is 77.9 Å². The fraction of sp³-hybridized carbons (Fsp3) is 0.125. The first-order valence-corrected chi connectivity index (χ1v) is 4.76. The van der Waals surface area contributed by atoms with Crippen LogP contribution in [0, 0.1) is 6.92 Å². The van der Waals surface area contributed by atoms with Gasteiger partial charge in [0.25, 0.3) is 0 Å². The molecule has 0 unspecified atom stereocenters. The summed E-state index contributed by atoms with van der Waals surface area (Å²) in [5.41, 5.74) is 2.11. The van der Waals surface area contributed by atoms with E-state index in [0.29, 0.717) is 0 Å². The Bertz CT molecular complexity index is 580. The Hall–Kier alpha value is -1.49. The predicted octanol–water partition coefficient (Wildman–Crippen LogP) is 1.65. The average Bonchev–Trinajstić information content (AvgIpc) is 2.70. The molecule has 0 saturated heterocycles. The molecule has 0 saturated carbocycles. The van der Waals surface area contributed by atoms with Crippen LogP contribution in [0.5, 0.6) is 0 Å². The van der Waals surface area contributed by atoms with Crippen molar-refractivity contribution in [3.63, 3.8) is 0 Å². The van der Waals surface area contributed by atoms with Gasteiger partial charge in [0.15, 0.2) is 5.65 Å². The average molecular weight is 190 g/mol. The minimum absolute atomic E-state index is 0.892. The van der Waals surface area contributed by atoms with Crippen molar-refractivity contribution in [2.75, 3.05) is 0 Å². The SMILES string of the molecule is Cc1csc2ncn3cnnc3c12. The molecule has 0 aliphatic carbocycles. The van der Waals surface area contributed by atoms with Gasteiger partial charge < -0.3 is 0 Å². The minimum atomic E-state index is 0.892. The van der Waals surface area contributed by atoms with Crippen molar-refractivity contribution in [2.24, 2.45) is 0 Å². The van der Waals surface area contributed by atoms with E-state index in [9.17, 15) is 0 Å². The van der Waals surface area contributed by atoms with E-state index in [1.807, 2.05) is 4.40 Å². The Morgan fingerprint density at radius 1 is 1.38 bits per heavy atom. The molecular weight excluding hydrogens is 184 g/mol. The third-order valence-corrected chi connectivity index (χ3v) is 3.06. The Kier molecular flexibility index (Phi) is 1.21. The molecule has 5 heteroatoms. The van der Waals surface area contributed by atoms with E-state index in [1.165, 1.54) is 5.56 Å². The summed E-state index contributed by atoms with van der Waals surface area (Å²) in [7, 11) is 0. The number of rotatable bonds is 0. The number of fused-ring (bicyclic) bond motifs is 3. The van der Waals surface area contributed by atoms with Gasteiger partial charge in [-0.05, 0) is 17.9 Å². The summed E-state index contributed by atoms with van der Waals surface area (Å²) in [6, 6.07) is 0. The lowest BCUT2D eigenvalue weighted by Crippen LogP contribution is -1.86. The van der Waals surface area contributed by atoms with E-state index in [4.69, 9.17) is 0 Å². The van der Waals surface area contributed by atoms with Crippen LogP contribution < -0.4 is 0 Å². The summed E-state index contributed by atoms with van der Waals surface area (Å²) in [4.78, 5) is 5.33. The van der Waals surface area contributed by atoms with Crippen LogP contribution in [-0.2, 0) is 0 Å². The fourth-order valence-electron chi connectivity index (χ4n) is 1.42. The predicted molar refractivity (Wildman–Crippen MR) is 50.9 cm³/mol. The van der Waals surface area contributed by atoms with Gasteiger partial charge in [0.2, 0.25) is 0 Å². The van der Waals surface area contributed by atoms with Gasteiger partial charge in [-0.25, -0.2) is 4.98 Å². The van der Waals surface area contributed by atoms with Gasteiger partial charge in [-0.2, -0.15) is 0 Å². The molecule has 3 aromatic heterocycles. The highest BCUT2D eigenvalue weighted by atomic mass is 32.1. The lowest BCUT2D eigenvalue weighted by Gasteiger charge is -1.93. The third-order valence-electron chi connectivity index (χ3n) is 2.05. The van der Waals surface area contributed by atoms with Crippen molar-refractivity contribution in [1.82, 2.24) is 19.6 Å². The molecule has 4 nitrogen and oxygen atoms in total. The van der Waals surface area contributed by atoms with Crippen molar-refractivity contribution in [3.05, 3.63) is 23.6 Å². The summed E-state index contributed by atoms with van der Waals surface area (Å²) in [6.45, 7) is 2.06. The molecule has 0 aliphatic heterocycles. The van der Waals surface area contributed by atoms with Gasteiger partial charge in [0.1, 0.15) is 17.5 Å². The zero-order valence-electron chi connectivity index (χ0n) is 6.93. The van der Waals surface area contributed by atoms with Crippen LogP contribution in [0.25, 0.3) is 15.9 Å². The maximum atomic E-state index is 4.30. The normalized spacial score (nSPS) is 11.5. The second-order valence-electron chi connectivity index (χ2n) is 2.91. The van der Waals surface area contributed by atoms with Crippen LogP contribution in [0.4, 0.5) is 0 Å². The zero-order valence-corrected chi connectivity index (χ0v) is 7.75. The second kappa shape index (κ2) is 2.26. The highest BCUT2D eigenvalue weighted by Crippen LogP contribution is 2.25. The van der Waals surface area contributed by atoms with Crippen LogP contribution in [-0.4, -0.2) is 19.6 Å². The quantitative estimate of drug-likeness (QED) is 0.541. The monoisotopic (exact) mass is 190 g/mol. The molecule has 3 heterocycles. The maximum Gasteiger partial charge on any atom is 0.172 e. The van der Waals surface area contributed by atoms with E-state index >= 15 is 0 Å². The summed E-state index contributed by atoms with van der Waals surface area (Å²) in [5.74, 6) is 0. The standard InChI is InChI=1S/C8H6N4S/c1-5-2-13-8-6(5)7-11-10-4-12(7)3-9-8/h2-4H,1H3. The third kappa shape index (κ3) is 0.818. The first kappa shape index (κ1) is 6.97. The van der Waals surface area contributed by atoms with E-state index < -0.39 is 0 Å². The number of nitrogens with zero attached hydrogens (tertiary/aromatic N) is 4. The number of aryl methyl sites for hydroxylation is 1. The fourth-order valence-corrected chi connectivity index (χ4v) is 2.30. The lowest BCUT2D eigenvalue weighted by molar-refractivity contribution is 1.08. The maximum absolute atomic E-state index is 4.30. The van der Waals surface area contributed by atoms with Crippen LogP contribution in [0.2, 0.25) is 0 Å². The molecule has 0 spiro atoms. The van der Waals surface area contributed by atoms with E-state index in [-0.39, 0.29) is 0 Å². The van der Waals surface area contributed by atoms with Gasteiger partial charge in [0, 0.05) is 0 Å². The zero-order chi connectivity index (χ0) is 8.84. The van der Waals surface area contributed by atoms with Crippen molar-refractivity contribution < 1.29 is 0 Å². The molecule has 3 rings (SSSR count). The molecule has 64 valence electrons. The largest absolute Gasteiger partial charge is 0.271 e. The van der Waals surface area contributed by atoms with Gasteiger partial charge in [0.05, 0.1) is 5.39 Å². The van der Waals surface area contributed by atoms with Crippen LogP contribution in [0.15, 0.2) is 18.0 Å². The number of thiophene rings is 1. The van der Waals surface area contributed by atoms with E-state index in [1.54, 1.807) is 24.0 Å². The van der Waals surface area contributed by atoms with Gasteiger partial charge in [-0.3, -0.25) is 4.40 Å². The van der Waals surface area contributed by atoms with Gasteiger partial charge in [-0.15, -0.1) is 21.5 Å².